The number of pyridine rings is 1. The summed E-state index contributed by atoms with van der Waals surface area (Å²) in [6.07, 6.45) is 0. The number of H-pyrrole nitrogens is 1. The first-order chi connectivity index (χ1) is 6.36. The summed E-state index contributed by atoms with van der Waals surface area (Å²) in [7, 11) is 0. The second kappa shape index (κ2) is 3.62. The molecule has 4 nitrogen and oxygen atoms in total. The van der Waals surface area contributed by atoms with E-state index in [9.17, 15) is 4.79 Å². The van der Waals surface area contributed by atoms with Gasteiger partial charge in [0.25, 0.3) is 0 Å². The topological polar surface area (TPSA) is 45.3 Å². The van der Waals surface area contributed by atoms with E-state index in [1.165, 1.54) is 6.07 Å². The fourth-order valence-electron chi connectivity index (χ4n) is 1.42. The SMILES string of the molecule is O=c1cccc(N2CCOCC2)[nH]1. The van der Waals surface area contributed by atoms with Crippen molar-refractivity contribution in [2.24, 2.45) is 0 Å². The smallest absolute Gasteiger partial charge is 0.249 e. The van der Waals surface area contributed by atoms with Crippen molar-refractivity contribution in [2.45, 2.75) is 0 Å². The van der Waals surface area contributed by atoms with Gasteiger partial charge in [0.1, 0.15) is 5.82 Å². The molecular weight excluding hydrogens is 168 g/mol. The summed E-state index contributed by atoms with van der Waals surface area (Å²) in [5, 5.41) is 0. The van der Waals surface area contributed by atoms with E-state index in [2.05, 4.69) is 9.88 Å². The van der Waals surface area contributed by atoms with Crippen LogP contribution in [0.1, 0.15) is 0 Å². The largest absolute Gasteiger partial charge is 0.378 e. The molecule has 1 aromatic rings. The Hall–Kier alpha value is -1.29. The Morgan fingerprint density at radius 3 is 2.77 bits per heavy atom. The van der Waals surface area contributed by atoms with Gasteiger partial charge in [0.2, 0.25) is 5.56 Å². The molecular formula is C9H12N2O2. The van der Waals surface area contributed by atoms with Gasteiger partial charge in [-0.2, -0.15) is 0 Å². The first-order valence-electron chi connectivity index (χ1n) is 4.38. The van der Waals surface area contributed by atoms with Crippen LogP contribution in [0.4, 0.5) is 5.82 Å². The van der Waals surface area contributed by atoms with Gasteiger partial charge in [-0.25, -0.2) is 0 Å². The molecule has 1 N–H and O–H groups in total. The highest BCUT2D eigenvalue weighted by atomic mass is 16.5. The molecule has 0 aromatic carbocycles. The Bertz CT molecular complexity index is 328. The van der Waals surface area contributed by atoms with E-state index in [1.54, 1.807) is 6.07 Å². The molecule has 0 unspecified atom stereocenters. The van der Waals surface area contributed by atoms with Crippen LogP contribution in [0.3, 0.4) is 0 Å². The normalized spacial score (nSPS) is 17.4. The summed E-state index contributed by atoms with van der Waals surface area (Å²) in [5.74, 6) is 0.885. The molecule has 1 aromatic heterocycles. The van der Waals surface area contributed by atoms with Crippen LogP contribution in [0, 0.1) is 0 Å². The maximum absolute atomic E-state index is 11.0. The van der Waals surface area contributed by atoms with Gasteiger partial charge in [-0.15, -0.1) is 0 Å². The van der Waals surface area contributed by atoms with E-state index in [-0.39, 0.29) is 5.56 Å². The van der Waals surface area contributed by atoms with Gasteiger partial charge in [0.15, 0.2) is 0 Å². The molecule has 0 aliphatic carbocycles. The molecule has 1 saturated heterocycles. The van der Waals surface area contributed by atoms with Gasteiger partial charge in [-0.05, 0) is 6.07 Å². The third kappa shape index (κ3) is 1.89. The molecule has 0 bridgehead atoms. The lowest BCUT2D eigenvalue weighted by atomic mass is 10.4. The maximum Gasteiger partial charge on any atom is 0.249 e. The summed E-state index contributed by atoms with van der Waals surface area (Å²) in [4.78, 5) is 15.9. The van der Waals surface area contributed by atoms with Crippen molar-refractivity contribution >= 4 is 5.82 Å². The van der Waals surface area contributed by atoms with Crippen LogP contribution in [-0.4, -0.2) is 31.3 Å². The van der Waals surface area contributed by atoms with Crippen molar-refractivity contribution in [3.05, 3.63) is 28.6 Å². The number of rotatable bonds is 1. The van der Waals surface area contributed by atoms with E-state index >= 15 is 0 Å². The number of anilines is 1. The fraction of sp³-hybridized carbons (Fsp3) is 0.444. The van der Waals surface area contributed by atoms with Crippen LogP contribution in [0.15, 0.2) is 23.0 Å². The average Bonchev–Trinajstić information content (AvgIpc) is 2.19. The van der Waals surface area contributed by atoms with Crippen LogP contribution in [0.5, 0.6) is 0 Å². The number of aromatic amines is 1. The molecule has 0 atom stereocenters. The number of morpholine rings is 1. The third-order valence-corrected chi connectivity index (χ3v) is 2.10. The zero-order valence-corrected chi connectivity index (χ0v) is 7.32. The van der Waals surface area contributed by atoms with E-state index in [1.807, 2.05) is 6.07 Å². The second-order valence-corrected chi connectivity index (χ2v) is 3.00. The zero-order chi connectivity index (χ0) is 9.10. The molecule has 2 rings (SSSR count). The van der Waals surface area contributed by atoms with E-state index in [0.717, 1.165) is 32.1 Å². The quantitative estimate of drug-likeness (QED) is 0.672. The summed E-state index contributed by atoms with van der Waals surface area (Å²) in [6, 6.07) is 5.19. The van der Waals surface area contributed by atoms with Crippen LogP contribution in [-0.2, 0) is 4.74 Å². The second-order valence-electron chi connectivity index (χ2n) is 3.00. The van der Waals surface area contributed by atoms with Gasteiger partial charge in [-0.3, -0.25) is 4.79 Å². The number of ether oxygens (including phenoxy) is 1. The first kappa shape index (κ1) is 8.31. The minimum atomic E-state index is -0.0519. The van der Waals surface area contributed by atoms with Crippen molar-refractivity contribution < 1.29 is 4.74 Å². The molecule has 0 saturated carbocycles. The molecule has 4 heteroatoms. The Morgan fingerprint density at radius 1 is 1.31 bits per heavy atom. The lowest BCUT2D eigenvalue weighted by Crippen LogP contribution is -2.37. The molecule has 2 heterocycles. The van der Waals surface area contributed by atoms with Gasteiger partial charge in [0, 0.05) is 19.2 Å². The average molecular weight is 180 g/mol. The number of hydrogen-bond donors (Lipinski definition) is 1. The van der Waals surface area contributed by atoms with E-state index in [0.29, 0.717) is 0 Å². The highest BCUT2D eigenvalue weighted by molar-refractivity contribution is 5.37. The standard InChI is InChI=1S/C9H12N2O2/c12-9-3-1-2-8(10-9)11-4-6-13-7-5-11/h1-3H,4-7H2,(H,10,12). The van der Waals surface area contributed by atoms with Crippen molar-refractivity contribution in [1.82, 2.24) is 4.98 Å². The lowest BCUT2D eigenvalue weighted by Gasteiger charge is -2.27. The predicted molar refractivity (Wildman–Crippen MR) is 50.1 cm³/mol. The van der Waals surface area contributed by atoms with Gasteiger partial charge in [0.05, 0.1) is 13.2 Å². The molecule has 13 heavy (non-hydrogen) atoms. The first-order valence-corrected chi connectivity index (χ1v) is 4.38. The number of nitrogens with one attached hydrogen (secondary N) is 1. The molecule has 1 aliphatic heterocycles. The van der Waals surface area contributed by atoms with E-state index in [4.69, 9.17) is 4.74 Å². The monoisotopic (exact) mass is 180 g/mol. The summed E-state index contributed by atoms with van der Waals surface area (Å²) in [6.45, 7) is 3.16. The van der Waals surface area contributed by atoms with Crippen LogP contribution in [0.2, 0.25) is 0 Å². The van der Waals surface area contributed by atoms with Crippen molar-refractivity contribution in [2.75, 3.05) is 31.2 Å². The highest BCUT2D eigenvalue weighted by Gasteiger charge is 2.10. The Morgan fingerprint density at radius 2 is 2.08 bits per heavy atom. The van der Waals surface area contributed by atoms with Crippen molar-refractivity contribution in [1.29, 1.82) is 0 Å². The lowest BCUT2D eigenvalue weighted by molar-refractivity contribution is 0.122. The molecule has 1 aliphatic rings. The van der Waals surface area contributed by atoms with Gasteiger partial charge in [-0.1, -0.05) is 6.07 Å². The molecule has 70 valence electrons. The van der Waals surface area contributed by atoms with Crippen LogP contribution >= 0.6 is 0 Å². The molecule has 0 amide bonds. The maximum atomic E-state index is 11.0. The number of hydrogen-bond acceptors (Lipinski definition) is 3. The predicted octanol–water partition coefficient (Wildman–Crippen LogP) is 0.211. The van der Waals surface area contributed by atoms with Gasteiger partial charge < -0.3 is 14.6 Å². The highest BCUT2D eigenvalue weighted by Crippen LogP contribution is 2.08. The van der Waals surface area contributed by atoms with Crippen LogP contribution in [0.25, 0.3) is 0 Å². The molecule has 1 fully saturated rings. The van der Waals surface area contributed by atoms with E-state index < -0.39 is 0 Å². The summed E-state index contributed by atoms with van der Waals surface area (Å²) < 4.78 is 5.22. The minimum Gasteiger partial charge on any atom is -0.378 e. The van der Waals surface area contributed by atoms with Gasteiger partial charge >= 0.3 is 0 Å². The number of nitrogens with zero attached hydrogens (tertiary/aromatic N) is 1. The Labute approximate surface area is 76.1 Å². The fourth-order valence-corrected chi connectivity index (χ4v) is 1.42. The summed E-state index contributed by atoms with van der Waals surface area (Å²) in [5.41, 5.74) is -0.0519. The van der Waals surface area contributed by atoms with Crippen LogP contribution < -0.4 is 10.5 Å². The number of aromatic nitrogens is 1. The molecule has 0 spiro atoms. The molecule has 0 radical (unpaired) electrons. The third-order valence-electron chi connectivity index (χ3n) is 2.10. The Kier molecular flexibility index (Phi) is 2.31. The Balaban J connectivity index is 2.19. The van der Waals surface area contributed by atoms with Crippen molar-refractivity contribution in [3.63, 3.8) is 0 Å². The zero-order valence-electron chi connectivity index (χ0n) is 7.32. The summed E-state index contributed by atoms with van der Waals surface area (Å²) >= 11 is 0. The van der Waals surface area contributed by atoms with Crippen molar-refractivity contribution in [3.8, 4) is 0 Å². The minimum absolute atomic E-state index is 0.0519.